The Morgan fingerprint density at radius 1 is 1.04 bits per heavy atom. The van der Waals surface area contributed by atoms with E-state index in [1.165, 1.54) is 23.3 Å². The van der Waals surface area contributed by atoms with E-state index in [1.807, 2.05) is 12.1 Å². The summed E-state index contributed by atoms with van der Waals surface area (Å²) in [6.45, 7) is 6.62. The van der Waals surface area contributed by atoms with E-state index in [1.54, 1.807) is 0 Å². The normalized spacial score (nSPS) is 17.4. The van der Waals surface area contributed by atoms with Crippen LogP contribution in [0.3, 0.4) is 0 Å². The van der Waals surface area contributed by atoms with E-state index in [-0.39, 0.29) is 11.9 Å². The number of hydrogen-bond donors (Lipinski definition) is 1. The zero-order chi connectivity index (χ0) is 18.1. The Hall–Kier alpha value is -2.43. The average molecular weight is 350 g/mol. The van der Waals surface area contributed by atoms with Gasteiger partial charge >= 0.3 is 0 Å². The summed E-state index contributed by atoms with van der Waals surface area (Å²) in [5.74, 6) is -0.223. The Morgan fingerprint density at radius 3 is 2.42 bits per heavy atom. The highest BCUT2D eigenvalue weighted by Crippen LogP contribution is 2.34. The quantitative estimate of drug-likeness (QED) is 0.749. The fraction of sp³-hybridized carbons (Fsp3) is 0.273. The zero-order valence-corrected chi connectivity index (χ0v) is 15.1. The lowest BCUT2D eigenvalue weighted by atomic mass is 10.1. The Kier molecular flexibility index (Phi) is 4.62. The molecule has 3 aromatic rings. The van der Waals surface area contributed by atoms with Crippen molar-refractivity contribution >= 4 is 0 Å². The van der Waals surface area contributed by atoms with Gasteiger partial charge in [-0.1, -0.05) is 17.7 Å². The molecule has 0 saturated carbocycles. The molecule has 134 valence electrons. The maximum atomic E-state index is 13.4. The van der Waals surface area contributed by atoms with Crippen molar-refractivity contribution in [3.63, 3.8) is 0 Å². The van der Waals surface area contributed by atoms with Gasteiger partial charge in [0.15, 0.2) is 0 Å². The average Bonchev–Trinajstić information content (AvgIpc) is 3.01. The summed E-state index contributed by atoms with van der Waals surface area (Å²) in [4.78, 5) is 0. The van der Waals surface area contributed by atoms with Crippen LogP contribution in [0.4, 0.5) is 4.39 Å². The second kappa shape index (κ2) is 7.06. The number of morpholine rings is 1. The Morgan fingerprint density at radius 2 is 1.77 bits per heavy atom. The molecule has 0 amide bonds. The van der Waals surface area contributed by atoms with Gasteiger partial charge in [0.1, 0.15) is 5.82 Å². The molecule has 1 N–H and O–H groups in total. The molecule has 0 aliphatic carbocycles. The number of hydrogen-bond acceptors (Lipinski definition) is 2. The molecule has 4 heteroatoms. The fourth-order valence-electron chi connectivity index (χ4n) is 3.58. The highest BCUT2D eigenvalue weighted by molar-refractivity contribution is 5.66. The van der Waals surface area contributed by atoms with Crippen LogP contribution in [0, 0.1) is 19.7 Å². The molecule has 0 spiro atoms. The van der Waals surface area contributed by atoms with Gasteiger partial charge in [0, 0.05) is 30.0 Å². The highest BCUT2D eigenvalue weighted by atomic mass is 19.1. The van der Waals surface area contributed by atoms with E-state index in [9.17, 15) is 4.39 Å². The van der Waals surface area contributed by atoms with Gasteiger partial charge in [-0.15, -0.1) is 0 Å². The van der Waals surface area contributed by atoms with Gasteiger partial charge in [0.25, 0.3) is 0 Å². The zero-order valence-electron chi connectivity index (χ0n) is 15.1. The third-order valence-corrected chi connectivity index (χ3v) is 4.99. The van der Waals surface area contributed by atoms with Crippen LogP contribution in [0.25, 0.3) is 16.9 Å². The minimum atomic E-state index is -0.223. The summed E-state index contributed by atoms with van der Waals surface area (Å²) in [7, 11) is 0. The molecule has 26 heavy (non-hydrogen) atoms. The topological polar surface area (TPSA) is 26.2 Å². The van der Waals surface area contributed by atoms with Crippen molar-refractivity contribution in [3.05, 3.63) is 77.2 Å². The third-order valence-electron chi connectivity index (χ3n) is 4.99. The smallest absolute Gasteiger partial charge is 0.123 e. The van der Waals surface area contributed by atoms with E-state index in [0.717, 1.165) is 35.7 Å². The summed E-state index contributed by atoms with van der Waals surface area (Å²) >= 11 is 0. The second-order valence-corrected chi connectivity index (χ2v) is 6.81. The van der Waals surface area contributed by atoms with Crippen LogP contribution >= 0.6 is 0 Å². The number of ether oxygens (including phenoxy) is 1. The lowest BCUT2D eigenvalue weighted by Crippen LogP contribution is -2.33. The molecule has 0 radical (unpaired) electrons. The van der Waals surface area contributed by atoms with Gasteiger partial charge in [-0.25, -0.2) is 4.39 Å². The van der Waals surface area contributed by atoms with Crippen molar-refractivity contribution in [1.29, 1.82) is 0 Å². The molecule has 2 aromatic carbocycles. The van der Waals surface area contributed by atoms with Crippen LogP contribution in [0.2, 0.25) is 0 Å². The van der Waals surface area contributed by atoms with Crippen LogP contribution in [0.1, 0.15) is 22.9 Å². The highest BCUT2D eigenvalue weighted by Gasteiger charge is 2.23. The van der Waals surface area contributed by atoms with Gasteiger partial charge in [-0.2, -0.15) is 0 Å². The molecule has 1 atom stereocenters. The van der Waals surface area contributed by atoms with Gasteiger partial charge in [0.2, 0.25) is 0 Å². The van der Waals surface area contributed by atoms with Crippen molar-refractivity contribution in [3.8, 4) is 16.9 Å². The van der Waals surface area contributed by atoms with E-state index >= 15 is 0 Å². The van der Waals surface area contributed by atoms with Crippen molar-refractivity contribution < 1.29 is 9.13 Å². The number of nitrogens with one attached hydrogen (secondary N) is 1. The Bertz CT molecular complexity index is 891. The van der Waals surface area contributed by atoms with E-state index in [2.05, 4.69) is 54.1 Å². The first kappa shape index (κ1) is 17.0. The fourth-order valence-corrected chi connectivity index (χ4v) is 3.58. The van der Waals surface area contributed by atoms with Crippen LogP contribution < -0.4 is 5.32 Å². The standard InChI is InChI=1S/C22H23FN2O/c1-15-3-9-19(10-4-15)25-16(2)20(22-14-24-11-12-26-22)13-21(25)17-5-7-18(23)8-6-17/h3-10,13,22,24H,11-12,14H2,1-2H3. The molecule has 1 fully saturated rings. The minimum absolute atomic E-state index is 0.0367. The first-order valence-electron chi connectivity index (χ1n) is 9.01. The monoisotopic (exact) mass is 350 g/mol. The van der Waals surface area contributed by atoms with Crippen molar-refractivity contribution in [1.82, 2.24) is 9.88 Å². The maximum absolute atomic E-state index is 13.4. The van der Waals surface area contributed by atoms with E-state index < -0.39 is 0 Å². The van der Waals surface area contributed by atoms with Crippen LogP contribution in [-0.2, 0) is 4.74 Å². The summed E-state index contributed by atoms with van der Waals surface area (Å²) in [5.41, 5.74) is 6.70. The number of aromatic nitrogens is 1. The van der Waals surface area contributed by atoms with Gasteiger partial charge in [-0.05, 0) is 61.9 Å². The van der Waals surface area contributed by atoms with Gasteiger partial charge < -0.3 is 14.6 Å². The molecule has 3 nitrogen and oxygen atoms in total. The van der Waals surface area contributed by atoms with Gasteiger partial charge in [0.05, 0.1) is 18.4 Å². The molecule has 1 saturated heterocycles. The van der Waals surface area contributed by atoms with Crippen LogP contribution in [0.5, 0.6) is 0 Å². The predicted molar refractivity (Wildman–Crippen MR) is 102 cm³/mol. The Balaban J connectivity index is 1.87. The van der Waals surface area contributed by atoms with Crippen LogP contribution in [-0.4, -0.2) is 24.3 Å². The first-order valence-corrected chi connectivity index (χ1v) is 9.01. The molecule has 1 aliphatic rings. The maximum Gasteiger partial charge on any atom is 0.123 e. The molecule has 1 aliphatic heterocycles. The molecular formula is C22H23FN2O. The number of halogens is 1. The van der Waals surface area contributed by atoms with Crippen LogP contribution in [0.15, 0.2) is 54.6 Å². The third kappa shape index (κ3) is 3.18. The van der Waals surface area contributed by atoms with E-state index in [4.69, 9.17) is 4.74 Å². The number of benzene rings is 2. The summed E-state index contributed by atoms with van der Waals surface area (Å²) < 4.78 is 21.6. The lowest BCUT2D eigenvalue weighted by Gasteiger charge is -2.24. The molecular weight excluding hydrogens is 327 g/mol. The number of nitrogens with zero attached hydrogens (tertiary/aromatic N) is 1. The number of aryl methyl sites for hydroxylation is 1. The SMILES string of the molecule is Cc1ccc(-n2c(-c3ccc(F)cc3)cc(C3CNCCO3)c2C)cc1. The summed E-state index contributed by atoms with van der Waals surface area (Å²) in [6, 6.07) is 17.3. The minimum Gasteiger partial charge on any atom is -0.371 e. The van der Waals surface area contributed by atoms with Gasteiger partial charge in [-0.3, -0.25) is 0 Å². The summed E-state index contributed by atoms with van der Waals surface area (Å²) in [6.07, 6.45) is 0.0367. The molecule has 1 unspecified atom stereocenters. The van der Waals surface area contributed by atoms with Crippen molar-refractivity contribution in [2.24, 2.45) is 0 Å². The largest absolute Gasteiger partial charge is 0.371 e. The summed E-state index contributed by atoms with van der Waals surface area (Å²) in [5, 5.41) is 3.40. The van der Waals surface area contributed by atoms with E-state index in [0.29, 0.717) is 6.61 Å². The van der Waals surface area contributed by atoms with Crippen molar-refractivity contribution in [2.75, 3.05) is 19.7 Å². The molecule has 0 bridgehead atoms. The number of rotatable bonds is 3. The molecule has 1 aromatic heterocycles. The molecule has 2 heterocycles. The Labute approximate surface area is 153 Å². The predicted octanol–water partition coefficient (Wildman–Crippen LogP) is 4.56. The molecule has 4 rings (SSSR count). The lowest BCUT2D eigenvalue weighted by molar-refractivity contribution is 0.0273. The second-order valence-electron chi connectivity index (χ2n) is 6.81. The van der Waals surface area contributed by atoms with Crippen molar-refractivity contribution in [2.45, 2.75) is 20.0 Å². The first-order chi connectivity index (χ1) is 12.6.